The highest BCUT2D eigenvalue weighted by atomic mass is 32.2. The molecule has 2 aromatic carbocycles. The van der Waals surface area contributed by atoms with E-state index in [1.807, 2.05) is 0 Å². The van der Waals surface area contributed by atoms with Gasteiger partial charge in [0, 0.05) is 22.8 Å². The third-order valence-corrected chi connectivity index (χ3v) is 3.87. The van der Waals surface area contributed by atoms with Crippen LogP contribution in [0.5, 0.6) is 0 Å². The van der Waals surface area contributed by atoms with Crippen LogP contribution < -0.4 is 5.73 Å². The van der Waals surface area contributed by atoms with E-state index in [9.17, 15) is 14.5 Å². The molecule has 0 heterocycles. The first-order chi connectivity index (χ1) is 9.99. The van der Waals surface area contributed by atoms with Crippen molar-refractivity contribution in [2.24, 2.45) is 5.73 Å². The third-order valence-electron chi connectivity index (χ3n) is 2.81. The predicted octanol–water partition coefficient (Wildman–Crippen LogP) is 3.31. The van der Waals surface area contributed by atoms with Gasteiger partial charge in [0.1, 0.15) is 11.7 Å². The molecule has 2 rings (SSSR count). The van der Waals surface area contributed by atoms with E-state index in [-0.39, 0.29) is 17.1 Å². The van der Waals surface area contributed by atoms with Crippen molar-refractivity contribution in [1.82, 2.24) is 0 Å². The molecule has 0 aliphatic heterocycles. The van der Waals surface area contributed by atoms with Gasteiger partial charge in [-0.2, -0.15) is 0 Å². The van der Waals surface area contributed by atoms with Crippen molar-refractivity contribution in [3.63, 3.8) is 0 Å². The average molecular weight is 305 g/mol. The number of amidine groups is 1. The molecule has 0 spiro atoms. The number of rotatable bonds is 5. The van der Waals surface area contributed by atoms with Crippen molar-refractivity contribution in [1.29, 1.82) is 5.41 Å². The first-order valence-corrected chi connectivity index (χ1v) is 6.96. The van der Waals surface area contributed by atoms with Gasteiger partial charge in [-0.3, -0.25) is 15.5 Å². The lowest BCUT2D eigenvalue weighted by Crippen LogP contribution is -2.14. The monoisotopic (exact) mass is 305 g/mol. The molecule has 5 nitrogen and oxygen atoms in total. The summed E-state index contributed by atoms with van der Waals surface area (Å²) in [6.45, 7) is 0. The molecule has 0 fully saturated rings. The lowest BCUT2D eigenvalue weighted by Gasteiger charge is -2.07. The average Bonchev–Trinajstić information content (AvgIpc) is 2.46. The molecule has 0 saturated heterocycles. The minimum Gasteiger partial charge on any atom is -0.384 e. The Morgan fingerprint density at radius 2 is 1.95 bits per heavy atom. The zero-order valence-corrected chi connectivity index (χ0v) is 11.7. The number of nitrogens with two attached hydrogens (primary N) is 1. The topological polar surface area (TPSA) is 93.0 Å². The Kier molecular flexibility index (Phi) is 4.54. The molecule has 21 heavy (non-hydrogen) atoms. The Morgan fingerprint density at radius 3 is 2.52 bits per heavy atom. The highest BCUT2D eigenvalue weighted by Gasteiger charge is 2.11. The van der Waals surface area contributed by atoms with Gasteiger partial charge >= 0.3 is 0 Å². The molecule has 0 atom stereocenters. The van der Waals surface area contributed by atoms with Crippen LogP contribution >= 0.6 is 11.8 Å². The number of nitrogens with zero attached hydrogens (tertiary/aromatic N) is 1. The molecule has 2 aromatic rings. The van der Waals surface area contributed by atoms with Crippen molar-refractivity contribution in [2.75, 3.05) is 0 Å². The van der Waals surface area contributed by atoms with Gasteiger partial charge in [0.05, 0.1) is 10.5 Å². The van der Waals surface area contributed by atoms with Crippen molar-refractivity contribution < 1.29 is 9.31 Å². The molecule has 0 bridgehead atoms. The number of nitrogens with one attached hydrogen (secondary N) is 1. The summed E-state index contributed by atoms with van der Waals surface area (Å²) in [4.78, 5) is 10.9. The molecular formula is C14H12FN3O2S. The lowest BCUT2D eigenvalue weighted by atomic mass is 10.1. The Balaban J connectivity index is 2.11. The second kappa shape index (κ2) is 6.36. The van der Waals surface area contributed by atoms with E-state index in [0.717, 1.165) is 4.90 Å². The second-order valence-electron chi connectivity index (χ2n) is 4.23. The number of nitro benzene ring substituents is 1. The Bertz CT molecular complexity index is 689. The van der Waals surface area contributed by atoms with Crippen LogP contribution in [0.15, 0.2) is 47.4 Å². The maximum Gasteiger partial charge on any atom is 0.269 e. The molecule has 7 heteroatoms. The van der Waals surface area contributed by atoms with Crippen molar-refractivity contribution in [2.45, 2.75) is 10.6 Å². The van der Waals surface area contributed by atoms with Gasteiger partial charge in [-0.05, 0) is 23.8 Å². The molecule has 0 aliphatic carbocycles. The summed E-state index contributed by atoms with van der Waals surface area (Å²) in [6, 6.07) is 10.8. The summed E-state index contributed by atoms with van der Waals surface area (Å²) in [5.41, 5.74) is 5.84. The molecule has 0 saturated carbocycles. The molecule has 0 aromatic heterocycles. The first-order valence-electron chi connectivity index (χ1n) is 5.98. The number of nitro groups is 1. The first kappa shape index (κ1) is 15.0. The molecule has 3 N–H and O–H groups in total. The minimum absolute atomic E-state index is 0.0177. The summed E-state index contributed by atoms with van der Waals surface area (Å²) in [6.07, 6.45) is 0. The number of non-ortho nitro benzene ring substituents is 1. The Hall–Kier alpha value is -2.41. The minimum atomic E-state index is -0.501. The smallest absolute Gasteiger partial charge is 0.269 e. The fourth-order valence-corrected chi connectivity index (χ4v) is 2.60. The number of hydrogen-bond donors (Lipinski definition) is 2. The van der Waals surface area contributed by atoms with Crippen LogP contribution in [-0.4, -0.2) is 10.8 Å². The largest absolute Gasteiger partial charge is 0.384 e. The number of thioether (sulfide) groups is 1. The van der Waals surface area contributed by atoms with Crippen LogP contribution in [0.4, 0.5) is 10.1 Å². The van der Waals surface area contributed by atoms with Gasteiger partial charge in [-0.15, -0.1) is 11.8 Å². The van der Waals surface area contributed by atoms with Gasteiger partial charge in [-0.25, -0.2) is 4.39 Å². The van der Waals surface area contributed by atoms with Crippen LogP contribution in [0.1, 0.15) is 11.1 Å². The van der Waals surface area contributed by atoms with Crippen molar-refractivity contribution >= 4 is 23.3 Å². The predicted molar refractivity (Wildman–Crippen MR) is 80.1 cm³/mol. The van der Waals surface area contributed by atoms with E-state index < -0.39 is 10.7 Å². The molecule has 0 amide bonds. The van der Waals surface area contributed by atoms with Gasteiger partial charge < -0.3 is 5.73 Å². The van der Waals surface area contributed by atoms with Crippen LogP contribution in [0.2, 0.25) is 0 Å². The normalized spacial score (nSPS) is 10.3. The highest BCUT2D eigenvalue weighted by molar-refractivity contribution is 7.98. The second-order valence-corrected chi connectivity index (χ2v) is 5.28. The van der Waals surface area contributed by atoms with Crippen LogP contribution in [0, 0.1) is 21.3 Å². The number of nitrogen functional groups attached to an aromatic ring is 1. The summed E-state index contributed by atoms with van der Waals surface area (Å²) in [5, 5.41) is 17.9. The molecule has 108 valence electrons. The maximum absolute atomic E-state index is 14.1. The maximum atomic E-state index is 14.1. The van der Waals surface area contributed by atoms with E-state index in [1.165, 1.54) is 30.0 Å². The summed E-state index contributed by atoms with van der Waals surface area (Å²) in [7, 11) is 0. The highest BCUT2D eigenvalue weighted by Crippen LogP contribution is 2.26. The fourth-order valence-electron chi connectivity index (χ4n) is 1.72. The molecular weight excluding hydrogens is 293 g/mol. The Labute approximate surface area is 124 Å². The third kappa shape index (κ3) is 3.57. The van der Waals surface area contributed by atoms with E-state index in [4.69, 9.17) is 11.1 Å². The Morgan fingerprint density at radius 1 is 1.29 bits per heavy atom. The zero-order chi connectivity index (χ0) is 15.4. The van der Waals surface area contributed by atoms with Gasteiger partial charge in [-0.1, -0.05) is 12.1 Å². The van der Waals surface area contributed by atoms with E-state index >= 15 is 0 Å². The molecule has 0 unspecified atom stereocenters. The van der Waals surface area contributed by atoms with E-state index in [2.05, 4.69) is 0 Å². The number of halogens is 1. The van der Waals surface area contributed by atoms with E-state index in [0.29, 0.717) is 11.3 Å². The summed E-state index contributed by atoms with van der Waals surface area (Å²) < 4.78 is 14.1. The SMILES string of the molecule is N=C(N)c1cccc(CSc2ccc([N+](=O)[O-])cc2)c1F. The summed E-state index contributed by atoms with van der Waals surface area (Å²) >= 11 is 1.35. The standard InChI is InChI=1S/C14H12FN3O2S/c15-13-9(2-1-3-12(13)14(16)17)8-21-11-6-4-10(5-7-11)18(19)20/h1-7H,8H2,(H3,16,17). The van der Waals surface area contributed by atoms with Gasteiger partial charge in [0.2, 0.25) is 0 Å². The van der Waals surface area contributed by atoms with Gasteiger partial charge in [0.15, 0.2) is 0 Å². The molecule has 0 aliphatic rings. The van der Waals surface area contributed by atoms with Crippen molar-refractivity contribution in [3.05, 3.63) is 69.5 Å². The van der Waals surface area contributed by atoms with Gasteiger partial charge in [0.25, 0.3) is 5.69 Å². The number of hydrogen-bond acceptors (Lipinski definition) is 4. The molecule has 0 radical (unpaired) electrons. The van der Waals surface area contributed by atoms with E-state index in [1.54, 1.807) is 24.3 Å². The quantitative estimate of drug-likeness (QED) is 0.291. The van der Waals surface area contributed by atoms with Crippen LogP contribution in [-0.2, 0) is 5.75 Å². The summed E-state index contributed by atoms with van der Waals surface area (Å²) in [5.74, 6) is -0.459. The van der Waals surface area contributed by atoms with Crippen LogP contribution in [0.25, 0.3) is 0 Å². The van der Waals surface area contributed by atoms with Crippen molar-refractivity contribution in [3.8, 4) is 0 Å². The number of benzene rings is 2. The zero-order valence-electron chi connectivity index (χ0n) is 10.9. The lowest BCUT2D eigenvalue weighted by molar-refractivity contribution is -0.384. The fraction of sp³-hybridized carbons (Fsp3) is 0.0714. The van der Waals surface area contributed by atoms with Crippen LogP contribution in [0.3, 0.4) is 0 Å².